The van der Waals surface area contributed by atoms with Crippen molar-refractivity contribution in [2.75, 3.05) is 9.44 Å². The molecule has 13 heteroatoms. The topological polar surface area (TPSA) is 156 Å². The summed E-state index contributed by atoms with van der Waals surface area (Å²) in [5.41, 5.74) is -0.390. The molecule has 0 aliphatic heterocycles. The Balaban J connectivity index is 1.96. The first kappa shape index (κ1) is 23.3. The predicted octanol–water partition coefficient (Wildman–Crippen LogP) is 3.86. The molecule has 3 rings (SSSR count). The lowest BCUT2D eigenvalue weighted by Gasteiger charge is -2.14. The molecule has 32 heavy (non-hydrogen) atoms. The third kappa shape index (κ3) is 4.93. The van der Waals surface area contributed by atoms with Crippen LogP contribution in [0.1, 0.15) is 5.56 Å². The maximum Gasteiger partial charge on any atom is 0.312 e. The fraction of sp³-hybridized carbons (Fsp3) is 0.0526. The normalized spacial score (nSPS) is 11.7. The summed E-state index contributed by atoms with van der Waals surface area (Å²) >= 11 is 6.01. The Kier molecular flexibility index (Phi) is 6.30. The van der Waals surface area contributed by atoms with E-state index in [0.29, 0.717) is 11.6 Å². The summed E-state index contributed by atoms with van der Waals surface area (Å²) in [7, 11) is -8.45. The molecule has 0 spiro atoms. The van der Waals surface area contributed by atoms with E-state index >= 15 is 0 Å². The molecule has 0 fully saturated rings. The number of phenolic OH excluding ortho intramolecular Hbond substituents is 1. The average molecular weight is 498 g/mol. The van der Waals surface area contributed by atoms with Crippen LogP contribution in [-0.4, -0.2) is 26.9 Å². The largest absolute Gasteiger partial charge is 0.502 e. The van der Waals surface area contributed by atoms with Crippen molar-refractivity contribution in [3.63, 3.8) is 0 Å². The molecule has 3 N–H and O–H groups in total. The molecule has 0 atom stereocenters. The van der Waals surface area contributed by atoms with Gasteiger partial charge in [0.05, 0.1) is 31.1 Å². The summed E-state index contributed by atoms with van der Waals surface area (Å²) in [6.45, 7) is 1.53. The van der Waals surface area contributed by atoms with Crippen LogP contribution in [0.5, 0.6) is 5.75 Å². The Bertz CT molecular complexity index is 1420. The zero-order valence-electron chi connectivity index (χ0n) is 16.3. The van der Waals surface area contributed by atoms with Gasteiger partial charge in [0, 0.05) is 6.07 Å². The molecular weight excluding hydrogens is 482 g/mol. The Morgan fingerprint density at radius 2 is 1.62 bits per heavy atom. The van der Waals surface area contributed by atoms with E-state index in [0.717, 1.165) is 18.2 Å². The van der Waals surface area contributed by atoms with Crippen molar-refractivity contribution in [3.8, 4) is 5.75 Å². The number of benzene rings is 3. The highest BCUT2D eigenvalue weighted by molar-refractivity contribution is 7.93. The summed E-state index contributed by atoms with van der Waals surface area (Å²) in [6.07, 6.45) is 0. The maximum atomic E-state index is 12.9. The monoisotopic (exact) mass is 497 g/mol. The van der Waals surface area contributed by atoms with E-state index in [1.54, 1.807) is 12.1 Å². The fourth-order valence-corrected chi connectivity index (χ4v) is 5.39. The van der Waals surface area contributed by atoms with Gasteiger partial charge in [0.15, 0.2) is 5.75 Å². The Hall–Kier alpha value is -3.35. The number of para-hydroxylation sites is 1. The highest BCUT2D eigenvalue weighted by Gasteiger charge is 2.23. The van der Waals surface area contributed by atoms with E-state index in [4.69, 9.17) is 11.6 Å². The number of sulfonamides is 2. The lowest BCUT2D eigenvalue weighted by atomic mass is 10.2. The highest BCUT2D eigenvalue weighted by Crippen LogP contribution is 2.30. The lowest BCUT2D eigenvalue weighted by Crippen LogP contribution is -2.17. The van der Waals surface area contributed by atoms with Crippen LogP contribution < -0.4 is 9.44 Å². The summed E-state index contributed by atoms with van der Waals surface area (Å²) in [6, 6.07) is 12.6. The van der Waals surface area contributed by atoms with Crippen molar-refractivity contribution in [1.82, 2.24) is 0 Å². The number of aromatic hydroxyl groups is 1. The number of nitro groups is 1. The van der Waals surface area contributed by atoms with Crippen LogP contribution in [0.3, 0.4) is 0 Å². The predicted molar refractivity (Wildman–Crippen MR) is 119 cm³/mol. The van der Waals surface area contributed by atoms with E-state index in [-0.39, 0.29) is 21.3 Å². The van der Waals surface area contributed by atoms with Crippen molar-refractivity contribution in [3.05, 3.63) is 81.4 Å². The van der Waals surface area contributed by atoms with E-state index in [1.807, 2.05) is 0 Å². The van der Waals surface area contributed by atoms with Gasteiger partial charge in [0.25, 0.3) is 20.0 Å². The summed E-state index contributed by atoms with van der Waals surface area (Å²) in [5, 5.41) is 20.7. The van der Waals surface area contributed by atoms with Gasteiger partial charge in [-0.2, -0.15) is 0 Å². The van der Waals surface area contributed by atoms with E-state index in [9.17, 15) is 32.1 Å². The van der Waals surface area contributed by atoms with Gasteiger partial charge in [0.1, 0.15) is 0 Å². The Labute approximate surface area is 188 Å². The zero-order chi connectivity index (χ0) is 23.7. The van der Waals surface area contributed by atoms with Crippen LogP contribution in [0.2, 0.25) is 5.02 Å². The number of phenols is 1. The Morgan fingerprint density at radius 3 is 2.28 bits per heavy atom. The first-order chi connectivity index (χ1) is 14.9. The minimum atomic E-state index is -4.33. The molecule has 10 nitrogen and oxygen atoms in total. The third-order valence-corrected chi connectivity index (χ3v) is 7.52. The standard InChI is InChI=1S/C19H16ClN3O7S2/c1-12-6-7-13(10-19(12)32(29,30)22-16-5-3-2-4-15(16)20)21-31(27,28)14-8-9-18(24)17(11-14)23(25)26/h2-11,21-22,24H,1H3. The van der Waals surface area contributed by atoms with Gasteiger partial charge in [-0.15, -0.1) is 0 Å². The number of hydrogen-bond donors (Lipinski definition) is 3. The smallest absolute Gasteiger partial charge is 0.312 e. The van der Waals surface area contributed by atoms with Crippen LogP contribution in [0.25, 0.3) is 0 Å². The fourth-order valence-electron chi connectivity index (χ4n) is 2.73. The van der Waals surface area contributed by atoms with Crippen LogP contribution >= 0.6 is 11.6 Å². The summed E-state index contributed by atoms with van der Waals surface area (Å²) < 4.78 is 55.6. The molecule has 3 aromatic carbocycles. The number of nitro benzene ring substituents is 1. The van der Waals surface area contributed by atoms with Crippen molar-refractivity contribution < 1.29 is 26.9 Å². The van der Waals surface area contributed by atoms with Gasteiger partial charge in [-0.05, 0) is 48.9 Å². The van der Waals surface area contributed by atoms with Crippen molar-refractivity contribution >= 4 is 48.7 Å². The number of nitrogens with zero attached hydrogens (tertiary/aromatic N) is 1. The van der Waals surface area contributed by atoms with Crippen LogP contribution in [0, 0.1) is 17.0 Å². The first-order valence-electron chi connectivity index (χ1n) is 8.79. The third-order valence-electron chi connectivity index (χ3n) is 4.30. The molecule has 0 aromatic heterocycles. The van der Waals surface area contributed by atoms with E-state index < -0.39 is 41.3 Å². The molecule has 0 saturated carbocycles. The van der Waals surface area contributed by atoms with Crippen LogP contribution in [0.15, 0.2) is 70.5 Å². The zero-order valence-corrected chi connectivity index (χ0v) is 18.7. The van der Waals surface area contributed by atoms with Crippen molar-refractivity contribution in [2.45, 2.75) is 16.7 Å². The molecule has 0 radical (unpaired) electrons. The minimum Gasteiger partial charge on any atom is -0.502 e. The van der Waals surface area contributed by atoms with Gasteiger partial charge in [-0.3, -0.25) is 19.6 Å². The van der Waals surface area contributed by atoms with Crippen LogP contribution in [0.4, 0.5) is 17.1 Å². The summed E-state index contributed by atoms with van der Waals surface area (Å²) in [5.74, 6) is -0.691. The van der Waals surface area contributed by atoms with E-state index in [1.165, 1.54) is 31.2 Å². The number of halogens is 1. The molecule has 0 amide bonds. The second kappa shape index (κ2) is 8.65. The summed E-state index contributed by atoms with van der Waals surface area (Å²) in [4.78, 5) is 9.36. The van der Waals surface area contributed by atoms with Gasteiger partial charge in [-0.25, -0.2) is 16.8 Å². The molecule has 0 saturated heterocycles. The molecule has 3 aromatic rings. The second-order valence-electron chi connectivity index (χ2n) is 6.58. The quantitative estimate of drug-likeness (QED) is 0.330. The van der Waals surface area contributed by atoms with Gasteiger partial charge in [-0.1, -0.05) is 29.8 Å². The van der Waals surface area contributed by atoms with Crippen LogP contribution in [-0.2, 0) is 20.0 Å². The number of aryl methyl sites for hydroxylation is 1. The average Bonchev–Trinajstić information content (AvgIpc) is 2.70. The highest BCUT2D eigenvalue weighted by atomic mass is 35.5. The molecule has 168 valence electrons. The molecular formula is C19H16ClN3O7S2. The number of anilines is 2. The number of nitrogens with one attached hydrogen (secondary N) is 2. The van der Waals surface area contributed by atoms with E-state index in [2.05, 4.69) is 9.44 Å². The van der Waals surface area contributed by atoms with Gasteiger partial charge >= 0.3 is 5.69 Å². The number of hydrogen-bond acceptors (Lipinski definition) is 7. The van der Waals surface area contributed by atoms with Gasteiger partial charge in [0.2, 0.25) is 0 Å². The lowest BCUT2D eigenvalue weighted by molar-refractivity contribution is -0.386. The molecule has 0 bridgehead atoms. The van der Waals surface area contributed by atoms with Gasteiger partial charge < -0.3 is 5.11 Å². The maximum absolute atomic E-state index is 12.9. The van der Waals surface area contributed by atoms with Crippen molar-refractivity contribution in [2.24, 2.45) is 0 Å². The van der Waals surface area contributed by atoms with Crippen molar-refractivity contribution in [1.29, 1.82) is 0 Å². The minimum absolute atomic E-state index is 0.0918. The SMILES string of the molecule is Cc1ccc(NS(=O)(=O)c2ccc(O)c([N+](=O)[O-])c2)cc1S(=O)(=O)Nc1ccccc1Cl. The molecule has 0 unspecified atom stereocenters. The Morgan fingerprint density at radius 1 is 0.938 bits per heavy atom. The number of rotatable bonds is 7. The molecule has 0 aliphatic rings. The second-order valence-corrected chi connectivity index (χ2v) is 10.3. The first-order valence-corrected chi connectivity index (χ1v) is 12.1. The molecule has 0 aliphatic carbocycles. The molecule has 0 heterocycles.